The summed E-state index contributed by atoms with van der Waals surface area (Å²) in [5.74, 6) is 0. The van der Waals surface area contributed by atoms with Gasteiger partial charge in [-0.05, 0) is 37.6 Å². The zero-order valence-corrected chi connectivity index (χ0v) is 12.1. The van der Waals surface area contributed by atoms with E-state index in [0.717, 1.165) is 21.2 Å². The maximum Gasteiger partial charge on any atom is 0.0987 e. The van der Waals surface area contributed by atoms with E-state index >= 15 is 0 Å². The van der Waals surface area contributed by atoms with Gasteiger partial charge in [0, 0.05) is 11.9 Å². The molecule has 0 amide bonds. The van der Waals surface area contributed by atoms with E-state index in [-0.39, 0.29) is 0 Å². The van der Waals surface area contributed by atoms with Crippen LogP contribution in [0.3, 0.4) is 0 Å². The van der Waals surface area contributed by atoms with Gasteiger partial charge in [-0.2, -0.15) is 5.10 Å². The molecular weight excluding hydrogens is 268 g/mol. The normalized spacial score (nSPS) is 12.7. The van der Waals surface area contributed by atoms with Crippen LogP contribution in [0.2, 0.25) is 5.02 Å². The number of aryl methyl sites for hydroxylation is 2. The standard InChI is InChI=1S/C13H15ClN2OS/c1-8-6-13(16(3)15-8)18-12-5-4-10(9(2)17)7-11(12)14/h4-7,9,17H,1-3H3/t9-/m1/s1. The first-order chi connectivity index (χ1) is 8.47. The van der Waals surface area contributed by atoms with Crippen LogP contribution in [0.1, 0.15) is 24.3 Å². The Morgan fingerprint density at radius 1 is 1.39 bits per heavy atom. The molecule has 3 nitrogen and oxygen atoms in total. The second-order valence-corrected chi connectivity index (χ2v) is 5.68. The third-order valence-electron chi connectivity index (χ3n) is 2.61. The van der Waals surface area contributed by atoms with Crippen LogP contribution >= 0.6 is 23.4 Å². The second-order valence-electron chi connectivity index (χ2n) is 4.22. The lowest BCUT2D eigenvalue weighted by Crippen LogP contribution is -1.93. The summed E-state index contributed by atoms with van der Waals surface area (Å²) in [6.45, 7) is 3.69. The predicted molar refractivity (Wildman–Crippen MR) is 74.2 cm³/mol. The smallest absolute Gasteiger partial charge is 0.0987 e. The molecule has 0 aliphatic heterocycles. The van der Waals surface area contributed by atoms with Crippen LogP contribution < -0.4 is 0 Å². The highest BCUT2D eigenvalue weighted by atomic mass is 35.5. The minimum atomic E-state index is -0.500. The molecule has 2 aromatic rings. The van der Waals surface area contributed by atoms with Gasteiger partial charge in [-0.3, -0.25) is 4.68 Å². The molecule has 0 saturated heterocycles. The monoisotopic (exact) mass is 282 g/mol. The number of benzene rings is 1. The molecule has 1 N–H and O–H groups in total. The molecule has 0 unspecified atom stereocenters. The number of nitrogens with zero attached hydrogens (tertiary/aromatic N) is 2. The fourth-order valence-corrected chi connectivity index (χ4v) is 2.88. The van der Waals surface area contributed by atoms with Crippen LogP contribution in [-0.4, -0.2) is 14.9 Å². The van der Waals surface area contributed by atoms with Gasteiger partial charge in [-0.25, -0.2) is 0 Å². The summed E-state index contributed by atoms with van der Waals surface area (Å²) >= 11 is 7.79. The van der Waals surface area contributed by atoms with E-state index in [0.29, 0.717) is 5.02 Å². The fraction of sp³-hybridized carbons (Fsp3) is 0.308. The highest BCUT2D eigenvalue weighted by molar-refractivity contribution is 7.99. The van der Waals surface area contributed by atoms with Crippen molar-refractivity contribution in [2.75, 3.05) is 0 Å². The SMILES string of the molecule is Cc1cc(Sc2ccc([C@@H](C)O)cc2Cl)n(C)n1. The largest absolute Gasteiger partial charge is 0.389 e. The van der Waals surface area contributed by atoms with Gasteiger partial charge >= 0.3 is 0 Å². The molecule has 0 fully saturated rings. The van der Waals surface area contributed by atoms with Crippen molar-refractivity contribution in [1.29, 1.82) is 0 Å². The zero-order valence-electron chi connectivity index (χ0n) is 10.5. The molecule has 1 atom stereocenters. The molecule has 0 bridgehead atoms. The third-order valence-corrected chi connectivity index (χ3v) is 4.20. The summed E-state index contributed by atoms with van der Waals surface area (Å²) in [4.78, 5) is 0.962. The summed E-state index contributed by atoms with van der Waals surface area (Å²) < 4.78 is 1.83. The fourth-order valence-electron chi connectivity index (χ4n) is 1.65. The van der Waals surface area contributed by atoms with Crippen LogP contribution in [-0.2, 0) is 7.05 Å². The first-order valence-electron chi connectivity index (χ1n) is 5.63. The summed E-state index contributed by atoms with van der Waals surface area (Å²) in [6.07, 6.45) is -0.500. The third kappa shape index (κ3) is 2.88. The highest BCUT2D eigenvalue weighted by Gasteiger charge is 2.09. The van der Waals surface area contributed by atoms with Gasteiger partial charge < -0.3 is 5.11 Å². The summed E-state index contributed by atoms with van der Waals surface area (Å²) in [5.41, 5.74) is 1.81. The maximum absolute atomic E-state index is 9.50. The van der Waals surface area contributed by atoms with Crippen LogP contribution in [0.15, 0.2) is 34.2 Å². The Morgan fingerprint density at radius 3 is 2.61 bits per heavy atom. The second kappa shape index (κ2) is 5.34. The Kier molecular flexibility index (Phi) is 4.00. The van der Waals surface area contributed by atoms with Crippen molar-refractivity contribution in [2.45, 2.75) is 29.9 Å². The van der Waals surface area contributed by atoms with Crippen molar-refractivity contribution in [3.63, 3.8) is 0 Å². The van der Waals surface area contributed by atoms with Gasteiger partial charge in [0.05, 0.1) is 21.8 Å². The molecule has 0 aliphatic rings. The minimum Gasteiger partial charge on any atom is -0.389 e. The Bertz CT molecular complexity index is 566. The molecule has 2 rings (SSSR count). The van der Waals surface area contributed by atoms with Crippen LogP contribution in [0.25, 0.3) is 0 Å². The molecule has 0 saturated carbocycles. The Labute approximate surface area is 116 Å². The van der Waals surface area contributed by atoms with Crippen molar-refractivity contribution in [3.8, 4) is 0 Å². The topological polar surface area (TPSA) is 38.0 Å². The lowest BCUT2D eigenvalue weighted by atomic mass is 10.1. The van der Waals surface area contributed by atoms with E-state index in [2.05, 4.69) is 5.10 Å². The number of aliphatic hydroxyl groups excluding tert-OH is 1. The Hall–Kier alpha value is -0.970. The van der Waals surface area contributed by atoms with E-state index in [4.69, 9.17) is 11.6 Å². The Morgan fingerprint density at radius 2 is 2.11 bits per heavy atom. The van der Waals surface area contributed by atoms with Crippen molar-refractivity contribution < 1.29 is 5.11 Å². The van der Waals surface area contributed by atoms with E-state index < -0.39 is 6.10 Å². The molecule has 1 aromatic heterocycles. The van der Waals surface area contributed by atoms with Crippen LogP contribution in [0.5, 0.6) is 0 Å². The maximum atomic E-state index is 9.50. The van der Waals surface area contributed by atoms with Gasteiger partial charge in [-0.15, -0.1) is 0 Å². The van der Waals surface area contributed by atoms with E-state index in [1.807, 2.05) is 36.9 Å². The average Bonchev–Trinajstić information content (AvgIpc) is 2.60. The van der Waals surface area contributed by atoms with Crippen LogP contribution in [0.4, 0.5) is 0 Å². The van der Waals surface area contributed by atoms with Crippen molar-refractivity contribution >= 4 is 23.4 Å². The zero-order chi connectivity index (χ0) is 13.3. The van der Waals surface area contributed by atoms with Gasteiger partial charge in [0.15, 0.2) is 0 Å². The lowest BCUT2D eigenvalue weighted by molar-refractivity contribution is 0.199. The number of hydrogen-bond donors (Lipinski definition) is 1. The summed E-state index contributed by atoms with van der Waals surface area (Å²) in [5, 5.41) is 15.5. The average molecular weight is 283 g/mol. The molecule has 1 aromatic carbocycles. The molecular formula is C13H15ClN2OS. The number of rotatable bonds is 3. The molecule has 96 valence electrons. The van der Waals surface area contributed by atoms with Gasteiger partial charge in [-0.1, -0.05) is 29.4 Å². The molecule has 1 heterocycles. The highest BCUT2D eigenvalue weighted by Crippen LogP contribution is 2.34. The number of hydrogen-bond acceptors (Lipinski definition) is 3. The number of aliphatic hydroxyl groups is 1. The van der Waals surface area contributed by atoms with Gasteiger partial charge in [0.25, 0.3) is 0 Å². The molecule has 18 heavy (non-hydrogen) atoms. The predicted octanol–water partition coefficient (Wildman–Crippen LogP) is 3.59. The van der Waals surface area contributed by atoms with Crippen molar-refractivity contribution in [1.82, 2.24) is 9.78 Å². The minimum absolute atomic E-state index is 0.500. The quantitative estimate of drug-likeness (QED) is 0.935. The Balaban J connectivity index is 2.27. The number of halogens is 1. The van der Waals surface area contributed by atoms with Crippen molar-refractivity contribution in [2.24, 2.45) is 7.05 Å². The first kappa shape index (κ1) is 13.5. The van der Waals surface area contributed by atoms with E-state index in [9.17, 15) is 5.11 Å². The number of aromatic nitrogens is 2. The van der Waals surface area contributed by atoms with E-state index in [1.54, 1.807) is 24.8 Å². The lowest BCUT2D eigenvalue weighted by Gasteiger charge is -2.08. The molecule has 0 aliphatic carbocycles. The van der Waals surface area contributed by atoms with Gasteiger partial charge in [0.2, 0.25) is 0 Å². The van der Waals surface area contributed by atoms with Crippen molar-refractivity contribution in [3.05, 3.63) is 40.5 Å². The molecule has 5 heteroatoms. The van der Waals surface area contributed by atoms with Crippen LogP contribution in [0, 0.1) is 6.92 Å². The van der Waals surface area contributed by atoms with Gasteiger partial charge in [0.1, 0.15) is 0 Å². The summed E-state index contributed by atoms with van der Waals surface area (Å²) in [7, 11) is 1.91. The summed E-state index contributed by atoms with van der Waals surface area (Å²) in [6, 6.07) is 7.64. The molecule has 0 radical (unpaired) electrons. The first-order valence-corrected chi connectivity index (χ1v) is 6.83. The molecule has 0 spiro atoms. The van der Waals surface area contributed by atoms with E-state index in [1.165, 1.54) is 0 Å².